The summed E-state index contributed by atoms with van der Waals surface area (Å²) in [4.78, 5) is 10.3. The molecule has 0 radical (unpaired) electrons. The molecule has 6 nitrogen and oxygen atoms in total. The molecule has 1 aliphatic heterocycles. The van der Waals surface area contributed by atoms with Gasteiger partial charge in [-0.05, 0) is 15.9 Å². The normalized spacial score (nSPS) is 19.1. The Bertz CT molecular complexity index is 452. The molecule has 0 unspecified atom stereocenters. The molecular formula is C10H12BrClN2O4. The summed E-state index contributed by atoms with van der Waals surface area (Å²) in [7, 11) is 0. The first-order valence-corrected chi connectivity index (χ1v) is 5.87. The Morgan fingerprint density at radius 3 is 2.83 bits per heavy atom. The van der Waals surface area contributed by atoms with E-state index in [0.717, 1.165) is 0 Å². The molecule has 0 saturated carbocycles. The number of phenolic OH excluding ortho intramolecular Hbond substituents is 1. The lowest BCUT2D eigenvalue weighted by Gasteiger charge is -2.24. The molecular weight excluding hydrogens is 327 g/mol. The van der Waals surface area contributed by atoms with Crippen LogP contribution in [0.1, 0.15) is 11.6 Å². The standard InChI is InChI=1S/C10H11BrN2O4.ClH/c11-8-4-6(13(15)16)3-7(10(8)14)9-5-17-2-1-12-9;/h3-4,9,12,14H,1-2,5H2;1H/t9-;/m1./s1. The molecule has 0 spiro atoms. The maximum atomic E-state index is 10.8. The van der Waals surface area contributed by atoms with Crippen LogP contribution in [0, 0.1) is 10.1 Å². The van der Waals surface area contributed by atoms with Crippen LogP contribution < -0.4 is 5.32 Å². The summed E-state index contributed by atoms with van der Waals surface area (Å²) < 4.78 is 5.59. The number of morpholine rings is 1. The maximum Gasteiger partial charge on any atom is 0.271 e. The molecule has 1 fully saturated rings. The van der Waals surface area contributed by atoms with Gasteiger partial charge in [0.2, 0.25) is 0 Å². The first-order chi connectivity index (χ1) is 8.09. The number of halogens is 2. The number of benzene rings is 1. The van der Waals surface area contributed by atoms with Crippen LogP contribution in [0.25, 0.3) is 0 Å². The second-order valence-corrected chi connectivity index (χ2v) is 4.56. The van der Waals surface area contributed by atoms with Gasteiger partial charge in [-0.2, -0.15) is 0 Å². The number of non-ortho nitro benzene ring substituents is 1. The third-order valence-corrected chi connectivity index (χ3v) is 3.19. The summed E-state index contributed by atoms with van der Waals surface area (Å²) in [5, 5.41) is 23.8. The van der Waals surface area contributed by atoms with Crippen molar-refractivity contribution in [2.24, 2.45) is 0 Å². The fraction of sp³-hybridized carbons (Fsp3) is 0.400. The zero-order valence-corrected chi connectivity index (χ0v) is 11.7. The van der Waals surface area contributed by atoms with Crippen molar-refractivity contribution in [3.05, 3.63) is 32.3 Å². The van der Waals surface area contributed by atoms with Crippen molar-refractivity contribution < 1.29 is 14.8 Å². The molecule has 0 amide bonds. The lowest BCUT2D eigenvalue weighted by Crippen LogP contribution is -2.34. The van der Waals surface area contributed by atoms with Crippen LogP contribution in [0.4, 0.5) is 5.69 Å². The van der Waals surface area contributed by atoms with E-state index in [0.29, 0.717) is 29.8 Å². The molecule has 0 aliphatic carbocycles. The lowest BCUT2D eigenvalue weighted by molar-refractivity contribution is -0.385. The second kappa shape index (κ2) is 6.33. The van der Waals surface area contributed by atoms with E-state index >= 15 is 0 Å². The van der Waals surface area contributed by atoms with Crippen molar-refractivity contribution in [2.75, 3.05) is 19.8 Å². The van der Waals surface area contributed by atoms with Gasteiger partial charge in [0.05, 0.1) is 28.7 Å². The van der Waals surface area contributed by atoms with Crippen LogP contribution in [0.2, 0.25) is 0 Å². The van der Waals surface area contributed by atoms with Gasteiger partial charge < -0.3 is 15.2 Å². The number of phenols is 1. The topological polar surface area (TPSA) is 84.6 Å². The highest BCUT2D eigenvalue weighted by atomic mass is 79.9. The van der Waals surface area contributed by atoms with Gasteiger partial charge in [-0.25, -0.2) is 0 Å². The minimum Gasteiger partial charge on any atom is -0.506 e. The monoisotopic (exact) mass is 338 g/mol. The molecule has 1 aliphatic rings. The Labute approximate surface area is 118 Å². The first-order valence-electron chi connectivity index (χ1n) is 5.07. The van der Waals surface area contributed by atoms with Crippen molar-refractivity contribution >= 4 is 34.0 Å². The average molecular weight is 340 g/mol. The van der Waals surface area contributed by atoms with Gasteiger partial charge >= 0.3 is 0 Å². The van der Waals surface area contributed by atoms with Crippen LogP contribution in [0.15, 0.2) is 16.6 Å². The van der Waals surface area contributed by atoms with Crippen molar-refractivity contribution in [3.63, 3.8) is 0 Å². The largest absolute Gasteiger partial charge is 0.506 e. The van der Waals surface area contributed by atoms with E-state index in [1.165, 1.54) is 12.1 Å². The van der Waals surface area contributed by atoms with E-state index in [4.69, 9.17) is 4.74 Å². The molecule has 1 aromatic rings. The summed E-state index contributed by atoms with van der Waals surface area (Å²) in [5.41, 5.74) is 0.419. The summed E-state index contributed by atoms with van der Waals surface area (Å²) in [5.74, 6) is 0.0126. The van der Waals surface area contributed by atoms with Gasteiger partial charge in [0.15, 0.2) is 0 Å². The molecule has 1 atom stereocenters. The number of hydrogen-bond acceptors (Lipinski definition) is 5. The lowest BCUT2D eigenvalue weighted by atomic mass is 10.0. The van der Waals surface area contributed by atoms with Gasteiger partial charge in [0.1, 0.15) is 5.75 Å². The fourth-order valence-electron chi connectivity index (χ4n) is 1.74. The van der Waals surface area contributed by atoms with Crippen molar-refractivity contribution in [3.8, 4) is 5.75 Å². The number of nitrogens with zero attached hydrogens (tertiary/aromatic N) is 1. The van der Waals surface area contributed by atoms with E-state index in [-0.39, 0.29) is 29.9 Å². The number of nitrogens with one attached hydrogen (secondary N) is 1. The van der Waals surface area contributed by atoms with Crippen LogP contribution in [0.5, 0.6) is 5.75 Å². The number of nitro benzene ring substituents is 1. The Morgan fingerprint density at radius 2 is 2.28 bits per heavy atom. The summed E-state index contributed by atoms with van der Waals surface area (Å²) >= 11 is 3.11. The smallest absolute Gasteiger partial charge is 0.271 e. The third-order valence-electron chi connectivity index (χ3n) is 2.59. The quantitative estimate of drug-likeness (QED) is 0.637. The fourth-order valence-corrected chi connectivity index (χ4v) is 2.21. The van der Waals surface area contributed by atoms with Gasteiger partial charge in [-0.15, -0.1) is 12.4 Å². The number of hydrogen-bond donors (Lipinski definition) is 2. The summed E-state index contributed by atoms with van der Waals surface area (Å²) in [6.07, 6.45) is 0. The molecule has 0 aromatic heterocycles. The summed E-state index contributed by atoms with van der Waals surface area (Å²) in [6.45, 7) is 1.65. The molecule has 2 rings (SSSR count). The van der Waals surface area contributed by atoms with E-state index in [1.54, 1.807) is 0 Å². The average Bonchev–Trinajstić information content (AvgIpc) is 2.33. The molecule has 1 heterocycles. The van der Waals surface area contributed by atoms with Crippen LogP contribution in [-0.2, 0) is 4.74 Å². The predicted molar refractivity (Wildman–Crippen MR) is 71.3 cm³/mol. The van der Waals surface area contributed by atoms with Crippen molar-refractivity contribution in [1.82, 2.24) is 5.32 Å². The highest BCUT2D eigenvalue weighted by molar-refractivity contribution is 9.10. The second-order valence-electron chi connectivity index (χ2n) is 3.70. The van der Waals surface area contributed by atoms with Crippen LogP contribution in [0.3, 0.4) is 0 Å². The highest BCUT2D eigenvalue weighted by Crippen LogP contribution is 2.36. The van der Waals surface area contributed by atoms with Crippen molar-refractivity contribution in [1.29, 1.82) is 0 Å². The third kappa shape index (κ3) is 3.11. The number of rotatable bonds is 2. The molecule has 1 saturated heterocycles. The Hall–Kier alpha value is -0.890. The highest BCUT2D eigenvalue weighted by Gasteiger charge is 2.23. The van der Waals surface area contributed by atoms with Crippen LogP contribution >= 0.6 is 28.3 Å². The van der Waals surface area contributed by atoms with E-state index < -0.39 is 4.92 Å². The zero-order chi connectivity index (χ0) is 12.4. The Balaban J connectivity index is 0.00000162. The van der Waals surface area contributed by atoms with E-state index in [1.807, 2.05) is 0 Å². The van der Waals surface area contributed by atoms with Crippen LogP contribution in [-0.4, -0.2) is 29.8 Å². The number of aromatic hydroxyl groups is 1. The number of nitro groups is 1. The Kier molecular flexibility index (Phi) is 5.33. The minimum absolute atomic E-state index is 0. The minimum atomic E-state index is -0.489. The van der Waals surface area contributed by atoms with Gasteiger partial charge in [-0.3, -0.25) is 10.1 Å². The molecule has 18 heavy (non-hydrogen) atoms. The SMILES string of the molecule is Cl.O=[N+]([O-])c1cc(Br)c(O)c([C@H]2COCCN2)c1. The van der Waals surface area contributed by atoms with Gasteiger partial charge in [0, 0.05) is 24.2 Å². The molecule has 8 heteroatoms. The first kappa shape index (κ1) is 15.2. The predicted octanol–water partition coefficient (Wildman–Crippen LogP) is 2.15. The molecule has 2 N–H and O–H groups in total. The van der Waals surface area contributed by atoms with Gasteiger partial charge in [0.25, 0.3) is 5.69 Å². The number of ether oxygens (including phenoxy) is 1. The Morgan fingerprint density at radius 1 is 1.56 bits per heavy atom. The maximum absolute atomic E-state index is 10.8. The molecule has 100 valence electrons. The summed E-state index contributed by atoms with van der Waals surface area (Å²) in [6, 6.07) is 2.43. The van der Waals surface area contributed by atoms with E-state index in [2.05, 4.69) is 21.2 Å². The molecule has 0 bridgehead atoms. The van der Waals surface area contributed by atoms with Crippen molar-refractivity contribution in [2.45, 2.75) is 6.04 Å². The van der Waals surface area contributed by atoms with Gasteiger partial charge in [-0.1, -0.05) is 0 Å². The van der Waals surface area contributed by atoms with E-state index in [9.17, 15) is 15.2 Å². The zero-order valence-electron chi connectivity index (χ0n) is 9.26. The molecule has 1 aromatic carbocycles.